The topological polar surface area (TPSA) is 43.8 Å². The van der Waals surface area contributed by atoms with Gasteiger partial charge in [0.1, 0.15) is 0 Å². The molecule has 0 unspecified atom stereocenters. The molecule has 0 spiro atoms. The minimum atomic E-state index is -0.844. The molecule has 0 saturated heterocycles. The molecule has 1 N–H and O–H groups in total. The molecular weight excluding hydrogens is 287 g/mol. The van der Waals surface area contributed by atoms with Gasteiger partial charge in [-0.25, -0.2) is 0 Å². The number of hydrogen-bond donors (Lipinski definition) is 1. The van der Waals surface area contributed by atoms with Gasteiger partial charge in [-0.15, -0.1) is 0 Å². The number of aliphatic carboxylic acids is 1. The van der Waals surface area contributed by atoms with Crippen LogP contribution in [0.5, 0.6) is 0 Å². The minimum absolute atomic E-state index is 0.00715. The van der Waals surface area contributed by atoms with Crippen molar-refractivity contribution in [3.63, 3.8) is 0 Å². The van der Waals surface area contributed by atoms with Crippen LogP contribution in [-0.4, -0.2) is 54.6 Å². The Morgan fingerprint density at radius 3 is 2.47 bits per heavy atom. The van der Waals surface area contributed by atoms with Gasteiger partial charge in [0.25, 0.3) is 0 Å². The standard InChI is InChI=1S/C13H18Cl2N2O2/c1-16(2)5-6-17(9-13(18)19)8-10-3-4-11(14)7-12(10)15/h3-4,7H,5-6,8-9H2,1-2H3,(H,18,19). The van der Waals surface area contributed by atoms with E-state index in [0.717, 1.165) is 12.1 Å². The van der Waals surface area contributed by atoms with Crippen molar-refractivity contribution in [3.05, 3.63) is 33.8 Å². The monoisotopic (exact) mass is 304 g/mol. The van der Waals surface area contributed by atoms with Crippen LogP contribution in [0.1, 0.15) is 5.56 Å². The van der Waals surface area contributed by atoms with Crippen molar-refractivity contribution < 1.29 is 9.90 Å². The third-order valence-corrected chi connectivity index (χ3v) is 3.22. The van der Waals surface area contributed by atoms with Gasteiger partial charge >= 0.3 is 5.97 Å². The smallest absolute Gasteiger partial charge is 0.317 e. The lowest BCUT2D eigenvalue weighted by Gasteiger charge is -2.22. The van der Waals surface area contributed by atoms with Crippen LogP contribution in [0.3, 0.4) is 0 Å². The largest absolute Gasteiger partial charge is 0.480 e. The highest BCUT2D eigenvalue weighted by Crippen LogP contribution is 2.22. The van der Waals surface area contributed by atoms with E-state index in [1.54, 1.807) is 12.1 Å². The molecule has 106 valence electrons. The summed E-state index contributed by atoms with van der Waals surface area (Å²) in [6.07, 6.45) is 0. The molecule has 1 aromatic rings. The van der Waals surface area contributed by atoms with E-state index in [-0.39, 0.29) is 6.54 Å². The number of likely N-dealkylation sites (N-methyl/N-ethyl adjacent to an activating group) is 1. The average molecular weight is 305 g/mol. The summed E-state index contributed by atoms with van der Waals surface area (Å²) in [5.41, 5.74) is 0.881. The van der Waals surface area contributed by atoms with Crippen molar-refractivity contribution in [3.8, 4) is 0 Å². The van der Waals surface area contributed by atoms with Crippen LogP contribution >= 0.6 is 23.2 Å². The lowest BCUT2D eigenvalue weighted by atomic mass is 10.2. The number of nitrogens with zero attached hydrogens (tertiary/aromatic N) is 2. The first-order valence-corrected chi connectivity index (χ1v) is 6.67. The maximum Gasteiger partial charge on any atom is 0.317 e. The number of benzene rings is 1. The second-order valence-corrected chi connectivity index (χ2v) is 5.49. The van der Waals surface area contributed by atoms with Crippen LogP contribution in [0.4, 0.5) is 0 Å². The molecule has 0 bridgehead atoms. The number of halogens is 2. The molecule has 0 heterocycles. The highest BCUT2D eigenvalue weighted by Gasteiger charge is 2.12. The first kappa shape index (κ1) is 16.2. The van der Waals surface area contributed by atoms with E-state index in [2.05, 4.69) is 0 Å². The minimum Gasteiger partial charge on any atom is -0.480 e. The van der Waals surface area contributed by atoms with Crippen LogP contribution in [0.25, 0.3) is 0 Å². The highest BCUT2D eigenvalue weighted by molar-refractivity contribution is 6.35. The Bertz CT molecular complexity index is 439. The number of carboxylic acid groups (broad SMARTS) is 1. The third-order valence-electron chi connectivity index (χ3n) is 2.63. The maximum absolute atomic E-state index is 10.9. The van der Waals surface area contributed by atoms with Crippen molar-refractivity contribution in [2.45, 2.75) is 6.54 Å². The van der Waals surface area contributed by atoms with Crippen molar-refractivity contribution in [1.29, 1.82) is 0 Å². The SMILES string of the molecule is CN(C)CCN(CC(=O)O)Cc1ccc(Cl)cc1Cl. The summed E-state index contributed by atoms with van der Waals surface area (Å²) in [5, 5.41) is 10.1. The summed E-state index contributed by atoms with van der Waals surface area (Å²) >= 11 is 11.9. The van der Waals surface area contributed by atoms with E-state index in [4.69, 9.17) is 28.3 Å². The molecule has 0 aliphatic carbocycles. The molecular formula is C13H18Cl2N2O2. The Labute approximate surface area is 123 Å². The zero-order valence-electron chi connectivity index (χ0n) is 11.1. The van der Waals surface area contributed by atoms with Crippen LogP contribution < -0.4 is 0 Å². The van der Waals surface area contributed by atoms with Crippen molar-refractivity contribution >= 4 is 29.2 Å². The van der Waals surface area contributed by atoms with Gasteiger partial charge in [-0.3, -0.25) is 9.69 Å². The summed E-state index contributed by atoms with van der Waals surface area (Å²) in [4.78, 5) is 14.7. The average Bonchev–Trinajstić information content (AvgIpc) is 2.28. The van der Waals surface area contributed by atoms with E-state index in [9.17, 15) is 4.79 Å². The zero-order valence-corrected chi connectivity index (χ0v) is 12.6. The van der Waals surface area contributed by atoms with Gasteiger partial charge in [0, 0.05) is 29.7 Å². The van der Waals surface area contributed by atoms with Crippen molar-refractivity contribution in [1.82, 2.24) is 9.80 Å². The van der Waals surface area contributed by atoms with E-state index in [1.165, 1.54) is 0 Å². The van der Waals surface area contributed by atoms with Gasteiger partial charge in [0.2, 0.25) is 0 Å². The van der Waals surface area contributed by atoms with E-state index >= 15 is 0 Å². The second kappa shape index (κ2) is 7.70. The Balaban J connectivity index is 2.72. The molecule has 0 aliphatic heterocycles. The molecule has 0 atom stereocenters. The molecule has 4 nitrogen and oxygen atoms in total. The fraction of sp³-hybridized carbons (Fsp3) is 0.462. The third kappa shape index (κ3) is 6.25. The Morgan fingerprint density at radius 1 is 1.26 bits per heavy atom. The second-order valence-electron chi connectivity index (χ2n) is 4.64. The summed E-state index contributed by atoms with van der Waals surface area (Å²) in [7, 11) is 3.91. The highest BCUT2D eigenvalue weighted by atomic mass is 35.5. The Hall–Kier alpha value is -0.810. The molecule has 1 aromatic carbocycles. The van der Waals surface area contributed by atoms with E-state index < -0.39 is 5.97 Å². The van der Waals surface area contributed by atoms with Gasteiger partial charge < -0.3 is 10.0 Å². The van der Waals surface area contributed by atoms with Crippen molar-refractivity contribution in [2.24, 2.45) is 0 Å². The van der Waals surface area contributed by atoms with Crippen LogP contribution in [0.2, 0.25) is 10.0 Å². The van der Waals surface area contributed by atoms with E-state index in [0.29, 0.717) is 23.1 Å². The van der Waals surface area contributed by atoms with Gasteiger partial charge in [0.15, 0.2) is 0 Å². The van der Waals surface area contributed by atoms with Crippen LogP contribution in [0, 0.1) is 0 Å². The number of carbonyl (C=O) groups is 1. The predicted octanol–water partition coefficient (Wildman–Crippen LogP) is 2.44. The normalized spacial score (nSPS) is 11.3. The molecule has 0 saturated carbocycles. The molecule has 19 heavy (non-hydrogen) atoms. The van der Waals surface area contributed by atoms with Gasteiger partial charge in [-0.05, 0) is 31.8 Å². The molecule has 1 rings (SSSR count). The first-order chi connectivity index (χ1) is 8.88. The van der Waals surface area contributed by atoms with Crippen molar-refractivity contribution in [2.75, 3.05) is 33.7 Å². The molecule has 0 amide bonds. The molecule has 6 heteroatoms. The zero-order chi connectivity index (χ0) is 14.4. The van der Waals surface area contributed by atoms with Gasteiger partial charge in [-0.2, -0.15) is 0 Å². The predicted molar refractivity (Wildman–Crippen MR) is 77.9 cm³/mol. The maximum atomic E-state index is 10.9. The Kier molecular flexibility index (Phi) is 6.58. The van der Waals surface area contributed by atoms with Crippen LogP contribution in [0.15, 0.2) is 18.2 Å². The lowest BCUT2D eigenvalue weighted by Crippen LogP contribution is -2.35. The fourth-order valence-corrected chi connectivity index (χ4v) is 2.11. The quantitative estimate of drug-likeness (QED) is 0.840. The molecule has 0 fully saturated rings. The number of carboxylic acids is 1. The summed E-state index contributed by atoms with van der Waals surface area (Å²) in [6, 6.07) is 5.26. The number of hydrogen-bond acceptors (Lipinski definition) is 3. The van der Waals surface area contributed by atoms with Crippen LogP contribution in [-0.2, 0) is 11.3 Å². The first-order valence-electron chi connectivity index (χ1n) is 5.91. The van der Waals surface area contributed by atoms with Gasteiger partial charge in [-0.1, -0.05) is 29.3 Å². The lowest BCUT2D eigenvalue weighted by molar-refractivity contribution is -0.138. The molecule has 0 aliphatic rings. The summed E-state index contributed by atoms with van der Waals surface area (Å²) in [6.45, 7) is 1.94. The number of rotatable bonds is 7. The Morgan fingerprint density at radius 2 is 1.95 bits per heavy atom. The molecule has 0 radical (unpaired) electrons. The van der Waals surface area contributed by atoms with Gasteiger partial charge in [0.05, 0.1) is 6.54 Å². The molecule has 0 aromatic heterocycles. The van der Waals surface area contributed by atoms with E-state index in [1.807, 2.05) is 30.0 Å². The summed E-state index contributed by atoms with van der Waals surface area (Å²) < 4.78 is 0. The summed E-state index contributed by atoms with van der Waals surface area (Å²) in [5.74, 6) is -0.844. The fourth-order valence-electron chi connectivity index (χ4n) is 1.64.